The number of amides is 1. The number of carbonyl (C=O) groups excluding carboxylic acids is 1. The van der Waals surface area contributed by atoms with E-state index in [2.05, 4.69) is 15.1 Å². The Labute approximate surface area is 160 Å². The molecule has 0 saturated carbocycles. The molecule has 0 bridgehead atoms. The van der Waals surface area contributed by atoms with Gasteiger partial charge in [-0.05, 0) is 12.1 Å². The summed E-state index contributed by atoms with van der Waals surface area (Å²) in [5.41, 5.74) is 1.48. The lowest BCUT2D eigenvalue weighted by atomic mass is 10.1. The first kappa shape index (κ1) is 17.8. The summed E-state index contributed by atoms with van der Waals surface area (Å²) in [6, 6.07) is 6.64. The zero-order valence-electron chi connectivity index (χ0n) is 14.9. The molecule has 3 heterocycles. The van der Waals surface area contributed by atoms with Gasteiger partial charge in [-0.25, -0.2) is 9.37 Å². The van der Waals surface area contributed by atoms with Crippen LogP contribution in [-0.4, -0.2) is 32.5 Å². The number of benzene rings is 1. The fourth-order valence-corrected chi connectivity index (χ4v) is 4.22. The normalized spacial score (nSPS) is 13.6. The van der Waals surface area contributed by atoms with Gasteiger partial charge in [-0.3, -0.25) is 4.79 Å². The van der Waals surface area contributed by atoms with Gasteiger partial charge in [0.1, 0.15) is 10.8 Å². The maximum absolute atomic E-state index is 14.0. The molecule has 0 saturated heterocycles. The number of halogens is 1. The van der Waals surface area contributed by atoms with Crippen LogP contribution in [0.3, 0.4) is 0 Å². The number of carbonyl (C=O) groups is 1. The van der Waals surface area contributed by atoms with E-state index in [1.165, 1.54) is 17.4 Å². The van der Waals surface area contributed by atoms with Crippen molar-refractivity contribution in [2.45, 2.75) is 39.2 Å². The van der Waals surface area contributed by atoms with Crippen molar-refractivity contribution in [1.82, 2.24) is 20.0 Å². The van der Waals surface area contributed by atoms with Crippen LogP contribution in [0.1, 0.15) is 35.6 Å². The second kappa shape index (κ2) is 7.56. The molecule has 0 aliphatic carbocycles. The lowest BCUT2D eigenvalue weighted by Gasteiger charge is -2.26. The van der Waals surface area contributed by atoms with Crippen molar-refractivity contribution in [3.8, 4) is 10.6 Å². The second-order valence-electron chi connectivity index (χ2n) is 6.39. The highest BCUT2D eigenvalue weighted by Gasteiger charge is 2.25. The summed E-state index contributed by atoms with van der Waals surface area (Å²) in [7, 11) is 0. The molecule has 27 heavy (non-hydrogen) atoms. The quantitative estimate of drug-likeness (QED) is 0.672. The third-order valence-corrected chi connectivity index (χ3v) is 5.68. The molecule has 0 atom stereocenters. The van der Waals surface area contributed by atoms with E-state index in [9.17, 15) is 9.18 Å². The number of hydrogen-bond acceptors (Lipinski definition) is 6. The molecule has 2 aromatic heterocycles. The monoisotopic (exact) mass is 386 g/mol. The Bertz CT molecular complexity index is 968. The average molecular weight is 386 g/mol. The molecule has 0 spiro atoms. The molecule has 1 aliphatic heterocycles. The van der Waals surface area contributed by atoms with Crippen LogP contribution in [0.4, 0.5) is 4.39 Å². The van der Waals surface area contributed by atoms with Gasteiger partial charge < -0.3 is 9.42 Å². The van der Waals surface area contributed by atoms with Crippen molar-refractivity contribution >= 4 is 17.2 Å². The van der Waals surface area contributed by atoms with Gasteiger partial charge in [-0.2, -0.15) is 4.98 Å². The Morgan fingerprint density at radius 2 is 2.19 bits per heavy atom. The number of rotatable bonds is 5. The number of hydrogen-bond donors (Lipinski definition) is 0. The molecule has 1 aliphatic rings. The van der Waals surface area contributed by atoms with E-state index in [1.54, 1.807) is 18.2 Å². The summed E-state index contributed by atoms with van der Waals surface area (Å²) in [6.45, 7) is 3.09. The fourth-order valence-electron chi connectivity index (χ4n) is 3.07. The smallest absolute Gasteiger partial charge is 0.227 e. The molecule has 1 amide bonds. The zero-order chi connectivity index (χ0) is 18.8. The number of thiazole rings is 1. The molecular weight excluding hydrogens is 367 g/mol. The van der Waals surface area contributed by atoms with Gasteiger partial charge in [0, 0.05) is 42.7 Å². The Morgan fingerprint density at radius 3 is 2.96 bits per heavy atom. The van der Waals surface area contributed by atoms with Crippen molar-refractivity contribution in [2.75, 3.05) is 6.54 Å². The second-order valence-corrected chi connectivity index (χ2v) is 7.48. The zero-order valence-corrected chi connectivity index (χ0v) is 15.8. The van der Waals surface area contributed by atoms with E-state index in [0.717, 1.165) is 10.6 Å². The van der Waals surface area contributed by atoms with Crippen LogP contribution in [-0.2, 0) is 30.6 Å². The minimum absolute atomic E-state index is 0.0535. The first-order valence-electron chi connectivity index (χ1n) is 8.96. The minimum atomic E-state index is -0.275. The molecule has 1 aromatic carbocycles. The molecule has 3 aromatic rings. The van der Waals surface area contributed by atoms with Gasteiger partial charge in [-0.15, -0.1) is 11.3 Å². The largest absolute Gasteiger partial charge is 0.339 e. The molecule has 140 valence electrons. The predicted octanol–water partition coefficient (Wildman–Crippen LogP) is 3.41. The van der Waals surface area contributed by atoms with Crippen LogP contribution in [0.2, 0.25) is 0 Å². The molecular formula is C19H19FN4O2S. The highest BCUT2D eigenvalue weighted by molar-refractivity contribution is 7.15. The van der Waals surface area contributed by atoms with Gasteiger partial charge in [0.15, 0.2) is 5.82 Å². The molecule has 0 radical (unpaired) electrons. The Kier molecular flexibility index (Phi) is 4.98. The average Bonchev–Trinajstić information content (AvgIpc) is 3.32. The fraction of sp³-hybridized carbons (Fsp3) is 0.368. The van der Waals surface area contributed by atoms with Crippen LogP contribution < -0.4 is 0 Å². The highest BCUT2D eigenvalue weighted by atomic mass is 32.1. The molecule has 0 fully saturated rings. The lowest BCUT2D eigenvalue weighted by molar-refractivity contribution is -0.132. The Morgan fingerprint density at radius 1 is 1.33 bits per heavy atom. The number of aromatic nitrogens is 3. The predicted molar refractivity (Wildman–Crippen MR) is 98.6 cm³/mol. The summed E-state index contributed by atoms with van der Waals surface area (Å²) in [6.07, 6.45) is 2.17. The Balaban J connectivity index is 1.42. The minimum Gasteiger partial charge on any atom is -0.339 e. The van der Waals surface area contributed by atoms with E-state index in [4.69, 9.17) is 4.52 Å². The van der Waals surface area contributed by atoms with Crippen molar-refractivity contribution in [2.24, 2.45) is 0 Å². The van der Waals surface area contributed by atoms with Gasteiger partial charge >= 0.3 is 0 Å². The summed E-state index contributed by atoms with van der Waals surface area (Å²) in [5.74, 6) is 0.934. The van der Waals surface area contributed by atoms with Crippen molar-refractivity contribution in [3.63, 3.8) is 0 Å². The van der Waals surface area contributed by atoms with Crippen LogP contribution >= 0.6 is 11.3 Å². The summed E-state index contributed by atoms with van der Waals surface area (Å²) >= 11 is 1.46. The first-order valence-corrected chi connectivity index (χ1v) is 9.78. The number of nitrogens with zero attached hydrogens (tertiary/aromatic N) is 4. The molecule has 0 N–H and O–H groups in total. The highest BCUT2D eigenvalue weighted by Crippen LogP contribution is 2.33. The van der Waals surface area contributed by atoms with Crippen LogP contribution in [0.25, 0.3) is 10.6 Å². The SMILES string of the molecule is CCc1noc(CCC(=O)N2CCc3nc(-c4ccccc4F)sc3C2)n1. The summed E-state index contributed by atoms with van der Waals surface area (Å²) in [5, 5.41) is 4.52. The van der Waals surface area contributed by atoms with Gasteiger partial charge in [-0.1, -0.05) is 24.2 Å². The summed E-state index contributed by atoms with van der Waals surface area (Å²) < 4.78 is 19.2. The lowest BCUT2D eigenvalue weighted by Crippen LogP contribution is -2.35. The van der Waals surface area contributed by atoms with Crippen molar-refractivity contribution < 1.29 is 13.7 Å². The third-order valence-electron chi connectivity index (χ3n) is 4.57. The van der Waals surface area contributed by atoms with E-state index < -0.39 is 0 Å². The van der Waals surface area contributed by atoms with Crippen LogP contribution in [0.5, 0.6) is 0 Å². The van der Waals surface area contributed by atoms with Crippen molar-refractivity contribution in [3.05, 3.63) is 52.4 Å². The van der Waals surface area contributed by atoms with Crippen LogP contribution in [0, 0.1) is 5.82 Å². The van der Waals surface area contributed by atoms with Gasteiger partial charge in [0.05, 0.1) is 12.2 Å². The van der Waals surface area contributed by atoms with Gasteiger partial charge in [0.2, 0.25) is 11.8 Å². The number of aryl methyl sites for hydroxylation is 2. The molecule has 8 heteroatoms. The maximum Gasteiger partial charge on any atom is 0.227 e. The third kappa shape index (κ3) is 3.75. The first-order chi connectivity index (χ1) is 13.1. The number of fused-ring (bicyclic) bond motifs is 1. The van der Waals surface area contributed by atoms with Crippen LogP contribution in [0.15, 0.2) is 28.8 Å². The van der Waals surface area contributed by atoms with E-state index in [0.29, 0.717) is 61.1 Å². The topological polar surface area (TPSA) is 72.1 Å². The van der Waals surface area contributed by atoms with E-state index in [-0.39, 0.29) is 11.7 Å². The Hall–Kier alpha value is -2.61. The maximum atomic E-state index is 14.0. The van der Waals surface area contributed by atoms with Crippen molar-refractivity contribution in [1.29, 1.82) is 0 Å². The summed E-state index contributed by atoms with van der Waals surface area (Å²) in [4.78, 5) is 24.2. The molecule has 0 unspecified atom stereocenters. The van der Waals surface area contributed by atoms with E-state index >= 15 is 0 Å². The molecule has 4 rings (SSSR count). The molecule has 6 nitrogen and oxygen atoms in total. The van der Waals surface area contributed by atoms with E-state index in [1.807, 2.05) is 11.8 Å². The standard InChI is InChI=1S/C19H19FN4O2S/c1-2-16-22-17(26-23-16)7-8-18(25)24-10-9-14-15(11-24)27-19(21-14)12-5-3-4-6-13(12)20/h3-6H,2,7-11H2,1H3. The van der Waals surface area contributed by atoms with Gasteiger partial charge in [0.25, 0.3) is 0 Å².